The summed E-state index contributed by atoms with van der Waals surface area (Å²) in [6, 6.07) is 11.4. The van der Waals surface area contributed by atoms with Gasteiger partial charge in [-0.15, -0.1) is 0 Å². The van der Waals surface area contributed by atoms with Gasteiger partial charge in [-0.1, -0.05) is 37.3 Å². The third-order valence-corrected chi connectivity index (χ3v) is 3.56. The van der Waals surface area contributed by atoms with Crippen molar-refractivity contribution in [2.75, 3.05) is 0 Å². The molecule has 0 aliphatic carbocycles. The molecule has 0 bridgehead atoms. The predicted molar refractivity (Wildman–Crippen MR) is 84.5 cm³/mol. The van der Waals surface area contributed by atoms with Gasteiger partial charge < -0.3 is 10.3 Å². The van der Waals surface area contributed by atoms with Gasteiger partial charge in [0, 0.05) is 17.3 Å². The summed E-state index contributed by atoms with van der Waals surface area (Å²) < 4.78 is 0. The molecule has 1 aromatic carbocycles. The van der Waals surface area contributed by atoms with Crippen molar-refractivity contribution in [1.82, 2.24) is 10.3 Å². The summed E-state index contributed by atoms with van der Waals surface area (Å²) in [4.78, 5) is 27.0. The van der Waals surface area contributed by atoms with E-state index in [2.05, 4.69) is 10.3 Å². The maximum Gasteiger partial charge on any atom is 0.261 e. The van der Waals surface area contributed by atoms with Crippen LogP contribution in [-0.2, 0) is 0 Å². The minimum atomic E-state index is -0.354. The molecule has 1 amide bonds. The summed E-state index contributed by atoms with van der Waals surface area (Å²) in [7, 11) is 0. The Bertz CT molecular complexity index is 690. The van der Waals surface area contributed by atoms with Crippen LogP contribution in [0.25, 0.3) is 11.1 Å². The molecule has 2 N–H and O–H groups in total. The highest BCUT2D eigenvalue weighted by Gasteiger charge is 2.15. The molecule has 21 heavy (non-hydrogen) atoms. The smallest absolute Gasteiger partial charge is 0.261 e. The lowest BCUT2D eigenvalue weighted by molar-refractivity contribution is 0.0938. The first-order chi connectivity index (χ1) is 10.0. The molecule has 2 aromatic rings. The van der Waals surface area contributed by atoms with Gasteiger partial charge in [0.25, 0.3) is 11.5 Å². The molecule has 0 spiro atoms. The molecule has 110 valence electrons. The summed E-state index contributed by atoms with van der Waals surface area (Å²) in [6.45, 7) is 5.73. The third-order valence-electron chi connectivity index (χ3n) is 3.56. The Hall–Kier alpha value is -2.36. The number of aromatic nitrogens is 1. The van der Waals surface area contributed by atoms with Crippen LogP contribution in [0.2, 0.25) is 0 Å². The highest BCUT2D eigenvalue weighted by molar-refractivity contribution is 5.95. The Balaban J connectivity index is 2.44. The van der Waals surface area contributed by atoms with Crippen molar-refractivity contribution < 1.29 is 4.79 Å². The summed E-state index contributed by atoms with van der Waals surface area (Å²) in [6.07, 6.45) is 0.820. The summed E-state index contributed by atoms with van der Waals surface area (Å²) in [5.41, 5.74) is 2.40. The monoisotopic (exact) mass is 284 g/mol. The number of nitrogens with one attached hydrogen (secondary N) is 2. The van der Waals surface area contributed by atoms with Crippen LogP contribution >= 0.6 is 0 Å². The van der Waals surface area contributed by atoms with Crippen LogP contribution in [0.3, 0.4) is 0 Å². The van der Waals surface area contributed by atoms with Gasteiger partial charge in [-0.2, -0.15) is 0 Å². The molecule has 1 heterocycles. The molecule has 0 aliphatic heterocycles. The van der Waals surface area contributed by atoms with Crippen LogP contribution in [0.15, 0.2) is 41.2 Å². The average molecular weight is 284 g/mol. The molecule has 0 saturated heterocycles. The second kappa shape index (κ2) is 6.39. The van der Waals surface area contributed by atoms with E-state index in [-0.39, 0.29) is 23.1 Å². The van der Waals surface area contributed by atoms with E-state index in [1.807, 2.05) is 51.1 Å². The molecule has 1 aromatic heterocycles. The van der Waals surface area contributed by atoms with Crippen LogP contribution < -0.4 is 10.9 Å². The largest absolute Gasteiger partial charge is 0.349 e. The lowest BCUT2D eigenvalue weighted by Crippen LogP contribution is -2.35. The molecular weight excluding hydrogens is 264 g/mol. The van der Waals surface area contributed by atoms with Crippen LogP contribution in [0.1, 0.15) is 36.3 Å². The van der Waals surface area contributed by atoms with Gasteiger partial charge >= 0.3 is 0 Å². The normalized spacial score (nSPS) is 12.0. The first kappa shape index (κ1) is 15.0. The predicted octanol–water partition coefficient (Wildman–Crippen LogP) is 2.88. The van der Waals surface area contributed by atoms with Gasteiger partial charge in [-0.05, 0) is 31.9 Å². The maximum absolute atomic E-state index is 12.2. The number of aryl methyl sites for hydroxylation is 1. The van der Waals surface area contributed by atoms with Crippen molar-refractivity contribution in [2.24, 2.45) is 0 Å². The molecule has 4 heteroatoms. The SMILES string of the molecule is CC[C@H](C)NC(=O)c1cc(-c2ccccc2)c(C)[nH]c1=O. The molecule has 0 fully saturated rings. The van der Waals surface area contributed by atoms with E-state index in [1.54, 1.807) is 6.07 Å². The molecular formula is C17H20N2O2. The zero-order valence-electron chi connectivity index (χ0n) is 12.6. The van der Waals surface area contributed by atoms with Gasteiger partial charge in [0.1, 0.15) is 5.56 Å². The van der Waals surface area contributed by atoms with E-state index >= 15 is 0 Å². The minimum Gasteiger partial charge on any atom is -0.349 e. The van der Waals surface area contributed by atoms with Crippen LogP contribution in [0.4, 0.5) is 0 Å². The zero-order valence-corrected chi connectivity index (χ0v) is 12.6. The Morgan fingerprint density at radius 3 is 2.57 bits per heavy atom. The quantitative estimate of drug-likeness (QED) is 0.907. The average Bonchev–Trinajstić information content (AvgIpc) is 2.47. The first-order valence-electron chi connectivity index (χ1n) is 7.13. The topological polar surface area (TPSA) is 62.0 Å². The van der Waals surface area contributed by atoms with Gasteiger partial charge in [0.2, 0.25) is 0 Å². The Morgan fingerprint density at radius 2 is 1.95 bits per heavy atom. The third kappa shape index (κ3) is 3.40. The van der Waals surface area contributed by atoms with Gasteiger partial charge in [-0.25, -0.2) is 0 Å². The number of benzene rings is 1. The molecule has 0 radical (unpaired) electrons. The van der Waals surface area contributed by atoms with E-state index < -0.39 is 0 Å². The fourth-order valence-electron chi connectivity index (χ4n) is 2.11. The van der Waals surface area contributed by atoms with Crippen LogP contribution in [0.5, 0.6) is 0 Å². The van der Waals surface area contributed by atoms with E-state index in [4.69, 9.17) is 0 Å². The molecule has 0 aliphatic rings. The van der Waals surface area contributed by atoms with Crippen molar-refractivity contribution in [2.45, 2.75) is 33.2 Å². The number of aromatic amines is 1. The Kier molecular flexibility index (Phi) is 4.58. The number of hydrogen-bond acceptors (Lipinski definition) is 2. The first-order valence-corrected chi connectivity index (χ1v) is 7.13. The van der Waals surface area contributed by atoms with Crippen molar-refractivity contribution in [3.63, 3.8) is 0 Å². The van der Waals surface area contributed by atoms with E-state index in [0.29, 0.717) is 0 Å². The van der Waals surface area contributed by atoms with Crippen LogP contribution in [-0.4, -0.2) is 16.9 Å². The Morgan fingerprint density at radius 1 is 1.29 bits per heavy atom. The van der Waals surface area contributed by atoms with Gasteiger partial charge in [0.15, 0.2) is 0 Å². The maximum atomic E-state index is 12.2. The lowest BCUT2D eigenvalue weighted by Gasteiger charge is -2.12. The number of hydrogen-bond donors (Lipinski definition) is 2. The van der Waals surface area contributed by atoms with E-state index in [1.165, 1.54) is 0 Å². The second-order valence-corrected chi connectivity index (χ2v) is 5.20. The van der Waals surface area contributed by atoms with Crippen molar-refractivity contribution in [3.05, 3.63) is 58.0 Å². The van der Waals surface area contributed by atoms with Crippen molar-refractivity contribution >= 4 is 5.91 Å². The Labute approximate surface area is 124 Å². The number of carbonyl (C=O) groups excluding carboxylic acids is 1. The number of rotatable bonds is 4. The van der Waals surface area contributed by atoms with Crippen molar-refractivity contribution in [3.8, 4) is 11.1 Å². The van der Waals surface area contributed by atoms with Gasteiger partial charge in [0.05, 0.1) is 0 Å². The summed E-state index contributed by atoms with van der Waals surface area (Å²) in [5, 5.41) is 2.83. The lowest BCUT2D eigenvalue weighted by atomic mass is 10.0. The highest BCUT2D eigenvalue weighted by Crippen LogP contribution is 2.21. The number of amides is 1. The molecule has 2 rings (SSSR count). The number of carbonyl (C=O) groups is 1. The molecule has 0 unspecified atom stereocenters. The molecule has 1 atom stereocenters. The fraction of sp³-hybridized carbons (Fsp3) is 0.294. The summed E-state index contributed by atoms with van der Waals surface area (Å²) >= 11 is 0. The summed E-state index contributed by atoms with van der Waals surface area (Å²) in [5.74, 6) is -0.331. The standard InChI is InChI=1S/C17H20N2O2/c1-4-11(2)18-16(20)15-10-14(12(3)19-17(15)21)13-8-6-5-7-9-13/h5-11H,4H2,1-3H3,(H,18,20)(H,19,21)/t11-/m0/s1. The minimum absolute atomic E-state index is 0.0402. The molecule has 0 saturated carbocycles. The zero-order chi connectivity index (χ0) is 15.4. The fourth-order valence-corrected chi connectivity index (χ4v) is 2.11. The number of H-pyrrole nitrogens is 1. The van der Waals surface area contributed by atoms with E-state index in [0.717, 1.165) is 23.2 Å². The van der Waals surface area contributed by atoms with Gasteiger partial charge in [-0.3, -0.25) is 9.59 Å². The van der Waals surface area contributed by atoms with Crippen molar-refractivity contribution in [1.29, 1.82) is 0 Å². The van der Waals surface area contributed by atoms with E-state index in [9.17, 15) is 9.59 Å². The van der Waals surface area contributed by atoms with Crippen LogP contribution in [0, 0.1) is 6.92 Å². The second-order valence-electron chi connectivity index (χ2n) is 5.20. The highest BCUT2D eigenvalue weighted by atomic mass is 16.2. The number of pyridine rings is 1. The molecule has 4 nitrogen and oxygen atoms in total.